The van der Waals surface area contributed by atoms with Crippen LogP contribution >= 0.6 is 0 Å². The lowest BCUT2D eigenvalue weighted by atomic mass is 10.2. The van der Waals surface area contributed by atoms with Crippen molar-refractivity contribution in [3.05, 3.63) is 35.9 Å². The molecule has 0 spiro atoms. The van der Waals surface area contributed by atoms with Crippen LogP contribution in [0.25, 0.3) is 0 Å². The lowest BCUT2D eigenvalue weighted by molar-refractivity contribution is -0.135. The van der Waals surface area contributed by atoms with Gasteiger partial charge in [0, 0.05) is 5.56 Å². The minimum Gasteiger partial charge on any atom is -0.480 e. The molecule has 14 heavy (non-hydrogen) atoms. The van der Waals surface area contributed by atoms with Crippen LogP contribution in [-0.4, -0.2) is 24.2 Å². The first-order valence-corrected chi connectivity index (χ1v) is 4.25. The summed E-state index contributed by atoms with van der Waals surface area (Å²) in [5, 5.41) is 11.0. The fourth-order valence-electron chi connectivity index (χ4n) is 0.900. The van der Waals surface area contributed by atoms with Gasteiger partial charge >= 0.3 is 5.97 Å². The Kier molecular flexibility index (Phi) is 4.25. The van der Waals surface area contributed by atoms with Crippen LogP contribution in [0.2, 0.25) is 0 Å². The van der Waals surface area contributed by atoms with E-state index in [1.54, 1.807) is 0 Å². The molecule has 3 nitrogen and oxygen atoms in total. The van der Waals surface area contributed by atoms with Crippen molar-refractivity contribution in [2.24, 2.45) is 0 Å². The van der Waals surface area contributed by atoms with Gasteiger partial charge in [0.05, 0.1) is 13.1 Å². The first-order chi connectivity index (χ1) is 6.79. The molecule has 2 N–H and O–H groups in total. The van der Waals surface area contributed by atoms with Crippen LogP contribution in [0.3, 0.4) is 0 Å². The van der Waals surface area contributed by atoms with E-state index in [1.807, 2.05) is 30.3 Å². The van der Waals surface area contributed by atoms with Crippen LogP contribution in [0.4, 0.5) is 0 Å². The number of aliphatic carboxylic acids is 1. The Hall–Kier alpha value is -1.79. The third-order valence-electron chi connectivity index (χ3n) is 1.50. The van der Waals surface area contributed by atoms with E-state index < -0.39 is 5.97 Å². The van der Waals surface area contributed by atoms with Gasteiger partial charge in [-0.05, 0) is 12.1 Å². The third kappa shape index (κ3) is 4.29. The second kappa shape index (κ2) is 5.79. The molecule has 0 aliphatic rings. The largest absolute Gasteiger partial charge is 0.480 e. The van der Waals surface area contributed by atoms with Crippen molar-refractivity contribution in [3.8, 4) is 11.8 Å². The van der Waals surface area contributed by atoms with Crippen molar-refractivity contribution < 1.29 is 9.90 Å². The number of carboxylic acid groups (broad SMARTS) is 1. The summed E-state index contributed by atoms with van der Waals surface area (Å²) in [6, 6.07) is 9.56. The van der Waals surface area contributed by atoms with E-state index in [-0.39, 0.29) is 6.54 Å². The molecule has 0 radical (unpaired) electrons. The normalized spacial score (nSPS) is 8.86. The van der Waals surface area contributed by atoms with Crippen LogP contribution in [0, 0.1) is 11.8 Å². The van der Waals surface area contributed by atoms with Crippen molar-refractivity contribution in [2.75, 3.05) is 13.1 Å². The van der Waals surface area contributed by atoms with Crippen molar-refractivity contribution in [1.29, 1.82) is 0 Å². The fourth-order valence-corrected chi connectivity index (χ4v) is 0.900. The second-order valence-corrected chi connectivity index (χ2v) is 2.67. The molecule has 0 amide bonds. The zero-order valence-electron chi connectivity index (χ0n) is 7.66. The lowest BCUT2D eigenvalue weighted by Crippen LogP contribution is -2.22. The molecule has 72 valence electrons. The standard InChI is InChI=1S/C11H11NO2/c13-11(14)9-12-8-4-7-10-5-2-1-3-6-10/h1-3,5-6,12H,8-9H2,(H,13,14). The van der Waals surface area contributed by atoms with Gasteiger partial charge in [-0.3, -0.25) is 10.1 Å². The molecule has 0 saturated carbocycles. The first kappa shape index (κ1) is 10.3. The molecule has 0 heterocycles. The zero-order valence-corrected chi connectivity index (χ0v) is 7.66. The molecule has 0 aliphatic heterocycles. The molecule has 0 saturated heterocycles. The summed E-state index contributed by atoms with van der Waals surface area (Å²) < 4.78 is 0. The monoisotopic (exact) mass is 189 g/mol. The van der Waals surface area contributed by atoms with E-state index in [2.05, 4.69) is 17.2 Å². The first-order valence-electron chi connectivity index (χ1n) is 4.25. The summed E-state index contributed by atoms with van der Waals surface area (Å²) in [5.74, 6) is 4.88. The number of hydrogen-bond donors (Lipinski definition) is 2. The van der Waals surface area contributed by atoms with Crippen LogP contribution in [0.1, 0.15) is 5.56 Å². The van der Waals surface area contributed by atoms with Gasteiger partial charge < -0.3 is 5.11 Å². The number of nitrogens with one attached hydrogen (secondary N) is 1. The Morgan fingerprint density at radius 3 is 2.71 bits per heavy atom. The van der Waals surface area contributed by atoms with Crippen LogP contribution in [-0.2, 0) is 4.79 Å². The van der Waals surface area contributed by atoms with Crippen molar-refractivity contribution in [1.82, 2.24) is 5.32 Å². The quantitative estimate of drug-likeness (QED) is 0.544. The highest BCUT2D eigenvalue weighted by Crippen LogP contribution is 1.93. The highest BCUT2D eigenvalue weighted by atomic mass is 16.4. The number of carbonyl (C=O) groups is 1. The Balaban J connectivity index is 2.31. The Bertz CT molecular complexity index is 349. The van der Waals surface area contributed by atoms with Crippen LogP contribution in [0.5, 0.6) is 0 Å². The van der Waals surface area contributed by atoms with E-state index in [4.69, 9.17) is 5.11 Å². The summed E-state index contributed by atoms with van der Waals surface area (Å²) in [5.41, 5.74) is 0.935. The van der Waals surface area contributed by atoms with Gasteiger partial charge in [0.25, 0.3) is 0 Å². The molecular weight excluding hydrogens is 178 g/mol. The van der Waals surface area contributed by atoms with Crippen LogP contribution < -0.4 is 5.32 Å². The molecule has 1 aromatic rings. The van der Waals surface area contributed by atoms with Gasteiger partial charge in [-0.2, -0.15) is 0 Å². The number of carboxylic acids is 1. The van der Waals surface area contributed by atoms with Gasteiger partial charge in [-0.15, -0.1) is 0 Å². The Morgan fingerprint density at radius 1 is 1.36 bits per heavy atom. The molecule has 0 aliphatic carbocycles. The summed E-state index contributed by atoms with van der Waals surface area (Å²) in [4.78, 5) is 10.1. The van der Waals surface area contributed by atoms with Gasteiger partial charge in [0.1, 0.15) is 0 Å². The highest BCUT2D eigenvalue weighted by Gasteiger charge is 1.90. The molecule has 0 bridgehead atoms. The maximum atomic E-state index is 10.1. The second-order valence-electron chi connectivity index (χ2n) is 2.67. The molecule has 1 rings (SSSR count). The van der Waals surface area contributed by atoms with Gasteiger partial charge in [-0.25, -0.2) is 0 Å². The number of hydrogen-bond acceptors (Lipinski definition) is 2. The summed E-state index contributed by atoms with van der Waals surface area (Å²) in [7, 11) is 0. The Morgan fingerprint density at radius 2 is 2.07 bits per heavy atom. The van der Waals surface area contributed by atoms with Gasteiger partial charge in [0.15, 0.2) is 0 Å². The lowest BCUT2D eigenvalue weighted by Gasteiger charge is -1.92. The van der Waals surface area contributed by atoms with E-state index in [1.165, 1.54) is 0 Å². The topological polar surface area (TPSA) is 49.3 Å². The average Bonchev–Trinajstić information content (AvgIpc) is 2.18. The average molecular weight is 189 g/mol. The predicted octanol–water partition coefficient (Wildman–Crippen LogP) is 0.712. The van der Waals surface area contributed by atoms with Crippen molar-refractivity contribution in [2.45, 2.75) is 0 Å². The van der Waals surface area contributed by atoms with Gasteiger partial charge in [0.2, 0.25) is 0 Å². The highest BCUT2D eigenvalue weighted by molar-refractivity contribution is 5.69. The van der Waals surface area contributed by atoms with Crippen molar-refractivity contribution >= 4 is 5.97 Å². The molecule has 0 aromatic heterocycles. The molecule has 0 atom stereocenters. The van der Waals surface area contributed by atoms with E-state index in [9.17, 15) is 4.79 Å². The number of benzene rings is 1. The fraction of sp³-hybridized carbons (Fsp3) is 0.182. The SMILES string of the molecule is O=C(O)CNCC#Cc1ccccc1. The molecule has 1 aromatic carbocycles. The summed E-state index contributed by atoms with van der Waals surface area (Å²) in [6.45, 7) is 0.338. The summed E-state index contributed by atoms with van der Waals surface area (Å²) in [6.07, 6.45) is 0. The Labute approximate surface area is 82.8 Å². The minimum atomic E-state index is -0.869. The van der Waals surface area contributed by atoms with E-state index >= 15 is 0 Å². The third-order valence-corrected chi connectivity index (χ3v) is 1.50. The molecule has 0 unspecified atom stereocenters. The summed E-state index contributed by atoms with van der Waals surface area (Å²) >= 11 is 0. The zero-order chi connectivity index (χ0) is 10.2. The molecular formula is C11H11NO2. The molecule has 0 fully saturated rings. The maximum Gasteiger partial charge on any atom is 0.317 e. The van der Waals surface area contributed by atoms with Crippen molar-refractivity contribution in [3.63, 3.8) is 0 Å². The van der Waals surface area contributed by atoms with Gasteiger partial charge in [-0.1, -0.05) is 30.0 Å². The van der Waals surface area contributed by atoms with Crippen LogP contribution in [0.15, 0.2) is 30.3 Å². The molecule has 3 heteroatoms. The smallest absolute Gasteiger partial charge is 0.317 e. The van der Waals surface area contributed by atoms with E-state index in [0.29, 0.717) is 6.54 Å². The maximum absolute atomic E-state index is 10.1. The number of rotatable bonds is 3. The minimum absolute atomic E-state index is 0.0521. The van der Waals surface area contributed by atoms with E-state index in [0.717, 1.165) is 5.56 Å². The predicted molar refractivity (Wildman–Crippen MR) is 53.8 cm³/mol.